The molecule has 0 aliphatic rings. The van der Waals surface area contributed by atoms with Gasteiger partial charge in [0.1, 0.15) is 0 Å². The summed E-state index contributed by atoms with van der Waals surface area (Å²) in [6.07, 6.45) is -3.15. The van der Waals surface area contributed by atoms with Gasteiger partial charge < -0.3 is 9.47 Å². The van der Waals surface area contributed by atoms with Crippen LogP contribution in [-0.4, -0.2) is 29.6 Å². The lowest BCUT2D eigenvalue weighted by molar-refractivity contribution is -0.137. The van der Waals surface area contributed by atoms with Crippen LogP contribution in [0.5, 0.6) is 11.5 Å². The lowest BCUT2D eigenvalue weighted by atomic mass is 10.1. The molecule has 0 amide bonds. The molecule has 0 fully saturated rings. The maximum absolute atomic E-state index is 13.3. The highest BCUT2D eigenvalue weighted by atomic mass is 79.9. The van der Waals surface area contributed by atoms with Crippen LogP contribution in [0.4, 0.5) is 13.2 Å². The van der Waals surface area contributed by atoms with Crippen molar-refractivity contribution in [1.29, 1.82) is 0 Å². The first kappa shape index (κ1) is 24.5. The van der Waals surface area contributed by atoms with Gasteiger partial charge in [0.2, 0.25) is 0 Å². The Balaban J connectivity index is 1.91. The molecule has 4 aromatic rings. The van der Waals surface area contributed by atoms with E-state index in [1.807, 2.05) is 6.92 Å². The van der Waals surface area contributed by atoms with Gasteiger partial charge in [-0.1, -0.05) is 24.3 Å². The number of methoxy groups -OCH3 is 1. The van der Waals surface area contributed by atoms with Gasteiger partial charge in [0, 0.05) is 15.6 Å². The molecule has 6 nitrogen and oxygen atoms in total. The number of fused-ring (bicyclic) bond motifs is 1. The fraction of sp³-hybridized carbons (Fsp3) is 0.160. The smallest absolute Gasteiger partial charge is 0.416 e. The van der Waals surface area contributed by atoms with Crippen LogP contribution >= 0.6 is 15.9 Å². The molecule has 180 valence electrons. The van der Waals surface area contributed by atoms with Crippen molar-refractivity contribution in [3.63, 3.8) is 0 Å². The normalized spacial score (nSPS) is 11.8. The number of nitrogens with zero attached hydrogens (tertiary/aromatic N) is 3. The van der Waals surface area contributed by atoms with Gasteiger partial charge in [0.25, 0.3) is 5.56 Å². The second-order valence-electron chi connectivity index (χ2n) is 7.35. The summed E-state index contributed by atoms with van der Waals surface area (Å²) in [6, 6.07) is 14.6. The molecule has 0 N–H and O–H groups in total. The minimum absolute atomic E-state index is 0.0225. The second kappa shape index (κ2) is 9.91. The predicted octanol–water partition coefficient (Wildman–Crippen LogP) is 6.13. The molecule has 0 atom stereocenters. The lowest BCUT2D eigenvalue weighted by Crippen LogP contribution is -2.20. The van der Waals surface area contributed by atoms with Gasteiger partial charge in [-0.15, -0.1) is 0 Å². The van der Waals surface area contributed by atoms with Gasteiger partial charge in [-0.3, -0.25) is 4.79 Å². The van der Waals surface area contributed by atoms with E-state index >= 15 is 0 Å². The molecule has 1 aromatic heterocycles. The number of halogens is 4. The molecule has 0 bridgehead atoms. The van der Waals surface area contributed by atoms with Crippen LogP contribution in [0.1, 0.15) is 18.1 Å². The Morgan fingerprint density at radius 1 is 1.09 bits per heavy atom. The molecular weight excluding hydrogens is 527 g/mol. The van der Waals surface area contributed by atoms with Crippen molar-refractivity contribution in [3.05, 3.63) is 86.6 Å². The summed E-state index contributed by atoms with van der Waals surface area (Å²) in [6.45, 7) is 2.24. The van der Waals surface area contributed by atoms with Gasteiger partial charge in [-0.2, -0.15) is 22.9 Å². The topological polar surface area (TPSA) is 65.7 Å². The first-order valence-corrected chi connectivity index (χ1v) is 11.3. The predicted molar refractivity (Wildman–Crippen MR) is 131 cm³/mol. The van der Waals surface area contributed by atoms with Crippen molar-refractivity contribution < 1.29 is 22.6 Å². The van der Waals surface area contributed by atoms with Crippen LogP contribution in [-0.2, 0) is 6.18 Å². The highest BCUT2D eigenvalue weighted by Gasteiger charge is 2.31. The van der Waals surface area contributed by atoms with Crippen LogP contribution in [0.3, 0.4) is 0 Å². The molecule has 0 radical (unpaired) electrons. The van der Waals surface area contributed by atoms with E-state index in [2.05, 4.69) is 26.0 Å². The van der Waals surface area contributed by atoms with Crippen LogP contribution in [0.25, 0.3) is 22.3 Å². The van der Waals surface area contributed by atoms with E-state index < -0.39 is 17.3 Å². The number of aromatic nitrogens is 2. The number of rotatable bonds is 6. The third-order valence-corrected chi connectivity index (χ3v) is 5.78. The van der Waals surface area contributed by atoms with Gasteiger partial charge in [0.05, 0.1) is 36.4 Å². The Morgan fingerprint density at radius 2 is 1.86 bits per heavy atom. The number of ether oxygens (including phenoxy) is 2. The lowest BCUT2D eigenvalue weighted by Gasteiger charge is -2.13. The number of benzene rings is 3. The quantitative estimate of drug-likeness (QED) is 0.273. The van der Waals surface area contributed by atoms with E-state index in [9.17, 15) is 18.0 Å². The summed E-state index contributed by atoms with van der Waals surface area (Å²) in [5.41, 5.74) is -0.366. The molecule has 4 rings (SSSR count). The Labute approximate surface area is 206 Å². The number of para-hydroxylation sites is 1. The van der Waals surface area contributed by atoms with Crippen LogP contribution < -0.4 is 15.0 Å². The summed E-state index contributed by atoms with van der Waals surface area (Å²) >= 11 is 3.45. The first-order valence-electron chi connectivity index (χ1n) is 10.5. The van der Waals surface area contributed by atoms with E-state index in [-0.39, 0.29) is 16.8 Å². The number of hydrogen-bond acceptors (Lipinski definition) is 5. The molecule has 0 saturated carbocycles. The maximum Gasteiger partial charge on any atom is 0.416 e. The molecule has 0 saturated heterocycles. The summed E-state index contributed by atoms with van der Waals surface area (Å²) in [5, 5.41) is 4.60. The van der Waals surface area contributed by atoms with E-state index in [0.717, 1.165) is 16.8 Å². The first-order chi connectivity index (χ1) is 16.7. The summed E-state index contributed by atoms with van der Waals surface area (Å²) in [5.74, 6) is 0.956. The monoisotopic (exact) mass is 545 g/mol. The zero-order valence-corrected chi connectivity index (χ0v) is 20.2. The Kier molecular flexibility index (Phi) is 6.93. The van der Waals surface area contributed by atoms with Crippen molar-refractivity contribution in [3.8, 4) is 22.9 Å². The molecule has 0 aliphatic heterocycles. The molecule has 10 heteroatoms. The minimum Gasteiger partial charge on any atom is -0.493 e. The molecule has 0 unspecified atom stereocenters. The average molecular weight is 546 g/mol. The highest BCUT2D eigenvalue weighted by Crippen LogP contribution is 2.34. The molecular formula is C25H19BrF3N3O3. The fourth-order valence-electron chi connectivity index (χ4n) is 3.45. The standard InChI is InChI=1S/C25H19BrF3N3O3/c1-3-35-22-12-16(19(26)13-21(22)34-2)14-30-32-23(15-7-6-8-17(11-15)25(27,28)29)31-20-10-5-4-9-18(20)24(32)33/h4-14H,3H2,1-2H3. The van der Waals surface area contributed by atoms with Crippen LogP contribution in [0, 0.1) is 0 Å². The van der Waals surface area contributed by atoms with Gasteiger partial charge in [-0.05, 0) is 59.3 Å². The summed E-state index contributed by atoms with van der Waals surface area (Å²) in [4.78, 5) is 17.8. The van der Waals surface area contributed by atoms with E-state index in [1.165, 1.54) is 25.5 Å². The zero-order valence-electron chi connectivity index (χ0n) is 18.6. The van der Waals surface area contributed by atoms with Crippen molar-refractivity contribution in [1.82, 2.24) is 9.66 Å². The third-order valence-electron chi connectivity index (χ3n) is 5.10. The zero-order chi connectivity index (χ0) is 25.2. The van der Waals surface area contributed by atoms with Gasteiger partial charge >= 0.3 is 6.18 Å². The summed E-state index contributed by atoms with van der Waals surface area (Å²) < 4.78 is 52.6. The molecule has 3 aromatic carbocycles. The molecule has 1 heterocycles. The molecule has 0 spiro atoms. The summed E-state index contributed by atoms with van der Waals surface area (Å²) in [7, 11) is 1.51. The fourth-order valence-corrected chi connectivity index (χ4v) is 3.87. The van der Waals surface area contributed by atoms with Gasteiger partial charge in [-0.25, -0.2) is 4.98 Å². The van der Waals surface area contributed by atoms with Crippen LogP contribution in [0.15, 0.2) is 75.0 Å². The van der Waals surface area contributed by atoms with E-state index in [4.69, 9.17) is 9.47 Å². The van der Waals surface area contributed by atoms with E-state index in [1.54, 1.807) is 36.4 Å². The maximum atomic E-state index is 13.3. The van der Waals surface area contributed by atoms with Crippen LogP contribution in [0.2, 0.25) is 0 Å². The van der Waals surface area contributed by atoms with Crippen molar-refractivity contribution in [2.75, 3.05) is 13.7 Å². The average Bonchev–Trinajstić information content (AvgIpc) is 2.84. The third kappa shape index (κ3) is 5.07. The Hall–Kier alpha value is -3.66. The van der Waals surface area contributed by atoms with Crippen molar-refractivity contribution >= 4 is 33.0 Å². The highest BCUT2D eigenvalue weighted by molar-refractivity contribution is 9.10. The number of alkyl halides is 3. The molecule has 35 heavy (non-hydrogen) atoms. The minimum atomic E-state index is -4.55. The molecule has 0 aliphatic carbocycles. The Bertz CT molecular complexity index is 1480. The van der Waals surface area contributed by atoms with Crippen molar-refractivity contribution in [2.45, 2.75) is 13.1 Å². The SMILES string of the molecule is CCOc1cc(C=Nn2c(-c3cccc(C(F)(F)F)c3)nc3ccccc3c2=O)c(Br)cc1OC. The second-order valence-corrected chi connectivity index (χ2v) is 8.20. The Morgan fingerprint density at radius 3 is 2.57 bits per heavy atom. The van der Waals surface area contributed by atoms with Gasteiger partial charge in [0.15, 0.2) is 17.3 Å². The van der Waals surface area contributed by atoms with Crippen molar-refractivity contribution in [2.24, 2.45) is 5.10 Å². The number of hydrogen-bond donors (Lipinski definition) is 0. The largest absolute Gasteiger partial charge is 0.493 e. The van der Waals surface area contributed by atoms with E-state index in [0.29, 0.717) is 33.7 Å².